The number of aromatic nitrogens is 2. The number of hydrogen-bond acceptors (Lipinski definition) is 15. The Labute approximate surface area is 427 Å². The van der Waals surface area contributed by atoms with Crippen LogP contribution in [0, 0.1) is 16.7 Å². The number of guanidine groups is 2. The Kier molecular flexibility index (Phi) is 27.5. The van der Waals surface area contributed by atoms with Gasteiger partial charge >= 0.3 is 5.97 Å². The number of phenols is 1. The van der Waals surface area contributed by atoms with E-state index in [0.29, 0.717) is 30.6 Å². The first-order chi connectivity index (χ1) is 35.0. The number of carbonyl (C=O) groups is 9. The summed E-state index contributed by atoms with van der Waals surface area (Å²) >= 11 is 0. The molecule has 0 saturated carbocycles. The normalized spacial score (nSPS) is 13.7. The second kappa shape index (κ2) is 32.8. The van der Waals surface area contributed by atoms with Gasteiger partial charge in [-0.15, -0.1) is 0 Å². The Hall–Kier alpha value is -8.08. The summed E-state index contributed by atoms with van der Waals surface area (Å²) < 4.78 is 0. The Morgan fingerprint density at radius 2 is 1.16 bits per heavy atom. The van der Waals surface area contributed by atoms with Gasteiger partial charge in [-0.25, -0.2) is 9.78 Å². The number of rotatable bonds is 35. The number of nitrogens with one attached hydrogen (secondary N) is 12. The number of primary amides is 1. The van der Waals surface area contributed by atoms with Gasteiger partial charge in [0.2, 0.25) is 47.3 Å². The summed E-state index contributed by atoms with van der Waals surface area (Å²) in [5, 5.41) is 57.3. The number of nitrogens with zero attached hydrogens (tertiary/aromatic N) is 1. The zero-order valence-corrected chi connectivity index (χ0v) is 41.6. The number of carboxylic acids is 1. The molecule has 2 rings (SSSR count). The van der Waals surface area contributed by atoms with Crippen LogP contribution in [-0.4, -0.2) is 154 Å². The lowest BCUT2D eigenvalue weighted by atomic mass is 10.0. The number of nitrogens with two attached hydrogens (primary N) is 5. The summed E-state index contributed by atoms with van der Waals surface area (Å²) in [7, 11) is 0. The number of aliphatic carboxylic acids is 1. The number of imidazole rings is 1. The van der Waals surface area contributed by atoms with Crippen LogP contribution in [0.5, 0.6) is 5.75 Å². The summed E-state index contributed by atoms with van der Waals surface area (Å²) in [6.45, 7) is 3.03. The molecule has 8 amide bonds. The number of carbonyl (C=O) groups excluding carboxylic acids is 8. The maximum atomic E-state index is 14.3. The second-order valence-electron chi connectivity index (χ2n) is 17.6. The van der Waals surface area contributed by atoms with Crippen molar-refractivity contribution in [1.82, 2.24) is 57.8 Å². The molecule has 1 heterocycles. The highest BCUT2D eigenvalue weighted by Gasteiger charge is 2.33. The summed E-state index contributed by atoms with van der Waals surface area (Å²) in [5.41, 5.74) is 28.5. The number of aromatic hydroxyl groups is 1. The number of unbranched alkanes of at least 4 members (excludes halogenated alkanes) is 1. The van der Waals surface area contributed by atoms with Crippen LogP contribution < -0.4 is 76.5 Å². The van der Waals surface area contributed by atoms with Gasteiger partial charge in [-0.1, -0.05) is 32.4 Å². The molecular formula is C45H74N18O11. The van der Waals surface area contributed by atoms with Gasteiger partial charge in [0, 0.05) is 38.5 Å². The molecule has 0 aliphatic carbocycles. The Morgan fingerprint density at radius 1 is 0.635 bits per heavy atom. The van der Waals surface area contributed by atoms with Crippen LogP contribution >= 0.6 is 0 Å². The van der Waals surface area contributed by atoms with E-state index in [-0.39, 0.29) is 88.5 Å². The first kappa shape index (κ1) is 62.0. The first-order valence-electron chi connectivity index (χ1n) is 24.0. The van der Waals surface area contributed by atoms with Crippen molar-refractivity contribution < 1.29 is 53.4 Å². The van der Waals surface area contributed by atoms with Crippen LogP contribution in [0.15, 0.2) is 36.8 Å². The maximum Gasteiger partial charge on any atom is 0.326 e. The minimum Gasteiger partial charge on any atom is -0.508 e. The number of H-pyrrole nitrogens is 1. The van der Waals surface area contributed by atoms with E-state index in [9.17, 15) is 53.4 Å². The number of amides is 8. The lowest BCUT2D eigenvalue weighted by molar-refractivity contribution is -0.142. The molecule has 29 nitrogen and oxygen atoms in total. The quantitative estimate of drug-likeness (QED) is 0.0174. The molecule has 1 aromatic carbocycles. The number of aromatic amines is 1. The average molecular weight is 1040 g/mol. The van der Waals surface area contributed by atoms with E-state index in [1.165, 1.54) is 36.8 Å². The Bertz CT molecular complexity index is 2200. The lowest BCUT2D eigenvalue weighted by Crippen LogP contribution is -2.59. The van der Waals surface area contributed by atoms with Crippen molar-refractivity contribution in [3.05, 3.63) is 48.0 Å². The second-order valence-corrected chi connectivity index (χ2v) is 17.6. The van der Waals surface area contributed by atoms with Gasteiger partial charge < -0.3 is 91.7 Å². The van der Waals surface area contributed by atoms with Crippen molar-refractivity contribution in [1.29, 1.82) is 10.8 Å². The molecule has 410 valence electrons. The monoisotopic (exact) mass is 1040 g/mol. The molecule has 74 heavy (non-hydrogen) atoms. The topological polar surface area (TPSA) is 509 Å². The van der Waals surface area contributed by atoms with Crippen molar-refractivity contribution in [3.8, 4) is 5.75 Å². The van der Waals surface area contributed by atoms with Crippen molar-refractivity contribution in [2.75, 3.05) is 26.2 Å². The van der Waals surface area contributed by atoms with Crippen LogP contribution in [0.25, 0.3) is 0 Å². The fourth-order valence-electron chi connectivity index (χ4n) is 7.08. The highest BCUT2D eigenvalue weighted by molar-refractivity contribution is 5.97. The average Bonchev–Trinajstić information content (AvgIpc) is 3.86. The molecular weight excluding hydrogens is 969 g/mol. The minimum atomic E-state index is -1.54. The van der Waals surface area contributed by atoms with Crippen molar-refractivity contribution in [2.45, 2.75) is 127 Å². The predicted octanol–water partition coefficient (Wildman–Crippen LogP) is -5.09. The Balaban J connectivity index is 2.35. The van der Waals surface area contributed by atoms with E-state index in [0.717, 1.165) is 0 Å². The molecule has 0 bridgehead atoms. The van der Waals surface area contributed by atoms with E-state index >= 15 is 0 Å². The SMILES string of the molecule is CC(C)C(NC(=O)CNC(=O)C(CCCNC(=N)N)NC(=O)C(Cc1ccc(O)cc1)NC(=O)C(Cc1c[nH]cn1)NC(=O)C(N)CCCCN)C(=O)NC(CCCNC(=N)N)C(=O)NC(CCC(N)=O)C(=O)O. The zero-order valence-electron chi connectivity index (χ0n) is 41.6. The fraction of sp³-hybridized carbons (Fsp3) is 0.556. The van der Waals surface area contributed by atoms with Crippen LogP contribution in [0.1, 0.15) is 82.9 Å². The highest BCUT2D eigenvalue weighted by atomic mass is 16.4. The van der Waals surface area contributed by atoms with Crippen LogP contribution in [0.4, 0.5) is 0 Å². The maximum absolute atomic E-state index is 14.3. The van der Waals surface area contributed by atoms with Gasteiger partial charge in [0.15, 0.2) is 11.9 Å². The largest absolute Gasteiger partial charge is 0.508 e. The molecule has 0 radical (unpaired) electrons. The van der Waals surface area contributed by atoms with E-state index in [2.05, 4.69) is 57.8 Å². The Morgan fingerprint density at radius 3 is 1.69 bits per heavy atom. The molecule has 7 unspecified atom stereocenters. The third kappa shape index (κ3) is 24.4. The lowest BCUT2D eigenvalue weighted by Gasteiger charge is -2.27. The van der Waals surface area contributed by atoms with Crippen molar-refractivity contribution in [2.24, 2.45) is 34.6 Å². The van der Waals surface area contributed by atoms with E-state index in [1.807, 2.05) is 0 Å². The molecule has 2 aromatic rings. The van der Waals surface area contributed by atoms with Crippen LogP contribution in [-0.2, 0) is 56.0 Å². The number of phenolic OH excluding ortho intramolecular Hbond substituents is 1. The third-order valence-electron chi connectivity index (χ3n) is 11.1. The van der Waals surface area contributed by atoms with E-state index in [1.54, 1.807) is 13.8 Å². The molecule has 0 aliphatic rings. The summed E-state index contributed by atoms with van der Waals surface area (Å²) in [6, 6.07) is -3.52. The number of carboxylic acid groups (broad SMARTS) is 1. The molecule has 0 fully saturated rings. The predicted molar refractivity (Wildman–Crippen MR) is 269 cm³/mol. The summed E-state index contributed by atoms with van der Waals surface area (Å²) in [6.07, 6.45) is 3.53. The van der Waals surface area contributed by atoms with Crippen molar-refractivity contribution in [3.63, 3.8) is 0 Å². The summed E-state index contributed by atoms with van der Waals surface area (Å²) in [4.78, 5) is 126. The molecule has 0 spiro atoms. The molecule has 7 atom stereocenters. The van der Waals surface area contributed by atoms with Gasteiger partial charge in [0.1, 0.15) is 42.0 Å². The molecule has 29 heteroatoms. The van der Waals surface area contributed by atoms with Gasteiger partial charge in [-0.3, -0.25) is 49.2 Å². The van der Waals surface area contributed by atoms with E-state index < -0.39 is 108 Å². The van der Waals surface area contributed by atoms with Gasteiger partial charge in [0.05, 0.1) is 24.6 Å². The standard InChI is InChI=1S/C45H74N18O11/c1-24(2)36(42(72)59-30(9-6-18-55-45(51)52)39(69)60-31(43(73)74)14-15-34(48)65)63-35(66)22-56-38(68)29(8-5-17-54-44(49)50)58-40(70)32(19-25-10-12-27(64)13-11-25)62-41(71)33(20-26-21-53-23-57-26)61-37(67)28(47)7-3-4-16-46/h10-13,21,23-24,28-33,36,64H,3-9,14-20,22,46-47H2,1-2H3,(H2,48,65)(H,53,57)(H,56,68)(H,58,70)(H,59,72)(H,60,69)(H,61,67)(H,62,71)(H,63,66)(H,73,74)(H4,49,50,54)(H4,51,52,55). The van der Waals surface area contributed by atoms with Crippen LogP contribution in [0.3, 0.4) is 0 Å². The molecule has 0 aliphatic heterocycles. The van der Waals surface area contributed by atoms with Crippen LogP contribution in [0.2, 0.25) is 0 Å². The minimum absolute atomic E-state index is 0.0728. The first-order valence-corrected chi connectivity index (χ1v) is 24.0. The fourth-order valence-corrected chi connectivity index (χ4v) is 7.08. The molecule has 24 N–H and O–H groups in total. The van der Waals surface area contributed by atoms with Crippen molar-refractivity contribution >= 4 is 65.1 Å². The number of hydrogen-bond donors (Lipinski definition) is 19. The van der Waals surface area contributed by atoms with Gasteiger partial charge in [-0.2, -0.15) is 0 Å². The van der Waals surface area contributed by atoms with Gasteiger partial charge in [0.25, 0.3) is 0 Å². The van der Waals surface area contributed by atoms with Gasteiger partial charge in [-0.05, 0) is 75.1 Å². The number of benzene rings is 1. The third-order valence-corrected chi connectivity index (χ3v) is 11.1. The smallest absolute Gasteiger partial charge is 0.326 e. The summed E-state index contributed by atoms with van der Waals surface area (Å²) in [5.74, 6) is -9.50. The molecule has 0 saturated heterocycles. The zero-order chi connectivity index (χ0) is 55.3. The highest BCUT2D eigenvalue weighted by Crippen LogP contribution is 2.13. The molecule has 1 aromatic heterocycles. The van der Waals surface area contributed by atoms with E-state index in [4.69, 9.17) is 39.5 Å².